The second-order valence-electron chi connectivity index (χ2n) is 13.6. The Morgan fingerprint density at radius 1 is 0.577 bits per heavy atom. The van der Waals surface area contributed by atoms with Crippen LogP contribution < -0.4 is 9.47 Å². The molecule has 0 saturated carbocycles. The predicted octanol–water partition coefficient (Wildman–Crippen LogP) is 5.75. The van der Waals surface area contributed by atoms with E-state index in [2.05, 4.69) is 50.3 Å². The first-order valence-electron chi connectivity index (χ1n) is 18.0. The van der Waals surface area contributed by atoms with Crippen molar-refractivity contribution in [3.05, 3.63) is 107 Å². The van der Waals surface area contributed by atoms with Crippen LogP contribution in [0.4, 0.5) is 0 Å². The minimum Gasteiger partial charge on any atom is -0.474 e. The maximum atomic E-state index is 6.26. The van der Waals surface area contributed by atoms with E-state index in [1.54, 1.807) is 0 Å². The van der Waals surface area contributed by atoms with Crippen LogP contribution in [0.3, 0.4) is 0 Å². The van der Waals surface area contributed by atoms with Gasteiger partial charge in [-0.25, -0.2) is 19.9 Å². The number of aliphatic imine (C=N–C) groups is 2. The monoisotopic (exact) mass is 696 g/mol. The number of ether oxygens (including phenoxy) is 4. The molecule has 10 rings (SSSR count). The molecule has 0 bridgehead atoms. The Balaban J connectivity index is 0.000000138. The minimum atomic E-state index is 0.155. The minimum absolute atomic E-state index is 0.155. The second kappa shape index (κ2) is 13.9. The Morgan fingerprint density at radius 2 is 1.10 bits per heavy atom. The molecule has 52 heavy (non-hydrogen) atoms. The van der Waals surface area contributed by atoms with Gasteiger partial charge in [-0.2, -0.15) is 0 Å². The highest BCUT2D eigenvalue weighted by Gasteiger charge is 2.28. The van der Waals surface area contributed by atoms with Crippen LogP contribution in [-0.4, -0.2) is 79.1 Å². The Morgan fingerprint density at radius 3 is 1.69 bits per heavy atom. The Labute approximate surface area is 301 Å². The van der Waals surface area contributed by atoms with Crippen LogP contribution in [0.15, 0.2) is 83.6 Å². The van der Waals surface area contributed by atoms with Gasteiger partial charge in [-0.15, -0.1) is 0 Å². The van der Waals surface area contributed by atoms with Crippen molar-refractivity contribution < 1.29 is 18.9 Å². The third-order valence-electron chi connectivity index (χ3n) is 10.2. The van der Waals surface area contributed by atoms with E-state index in [0.717, 1.165) is 113 Å². The first-order chi connectivity index (χ1) is 25.6. The number of benzene rings is 2. The zero-order valence-electron chi connectivity index (χ0n) is 29.4. The molecule has 0 N–H and O–H groups in total. The second-order valence-corrected chi connectivity index (χ2v) is 13.6. The molecule has 4 aromatic heterocycles. The SMILES string of the molecule is Cn1cnc2cc(C3=NCc4ccnc(OC5CCOCC5)c43)ccc21.Cn1cnc2ccc(C3=NCc4ccnc(OC5CCOCC5)c43)cc21. The molecule has 8 heterocycles. The van der Waals surface area contributed by atoms with Crippen LogP contribution in [0.5, 0.6) is 11.8 Å². The summed E-state index contributed by atoms with van der Waals surface area (Å²) in [4.78, 5) is 27.5. The zero-order chi connectivity index (χ0) is 35.0. The van der Waals surface area contributed by atoms with Crippen LogP contribution in [0.1, 0.15) is 59.1 Å². The van der Waals surface area contributed by atoms with Gasteiger partial charge in [0.15, 0.2) is 0 Å². The number of pyridine rings is 2. The first kappa shape index (κ1) is 32.4. The Bertz CT molecular complexity index is 2330. The lowest BCUT2D eigenvalue weighted by molar-refractivity contribution is 0.0234. The molecule has 0 amide bonds. The van der Waals surface area contributed by atoms with Gasteiger partial charge in [-0.3, -0.25) is 9.98 Å². The van der Waals surface area contributed by atoms with E-state index in [1.165, 1.54) is 5.56 Å². The number of aryl methyl sites for hydroxylation is 2. The van der Waals surface area contributed by atoms with Crippen molar-refractivity contribution >= 4 is 33.5 Å². The smallest absolute Gasteiger partial charge is 0.223 e. The van der Waals surface area contributed by atoms with Gasteiger partial charge < -0.3 is 28.1 Å². The van der Waals surface area contributed by atoms with Crippen molar-refractivity contribution in [1.82, 2.24) is 29.1 Å². The molecule has 2 fully saturated rings. The maximum absolute atomic E-state index is 6.26. The highest BCUT2D eigenvalue weighted by Crippen LogP contribution is 2.33. The Hall–Kier alpha value is -5.46. The fraction of sp³-hybridized carbons (Fsp3) is 0.350. The standard InChI is InChI=1S/2C20H20N4O2/c1-24-12-23-16-10-13(2-3-17(16)24)19-18-14(11-22-19)4-7-21-20(18)26-15-5-8-25-9-6-15;1-24-12-23-16-3-2-13(10-17(16)24)19-18-14(11-22-19)4-7-21-20(18)26-15-5-8-25-9-6-15/h2*2-4,7,10,12,15H,5-6,8-9,11H2,1H3. The number of hydrogen-bond donors (Lipinski definition) is 0. The molecule has 0 spiro atoms. The third-order valence-corrected chi connectivity index (χ3v) is 10.2. The summed E-state index contributed by atoms with van der Waals surface area (Å²) in [5, 5.41) is 0. The molecular formula is C40H40N8O4. The summed E-state index contributed by atoms with van der Waals surface area (Å²) >= 11 is 0. The van der Waals surface area contributed by atoms with E-state index in [1.807, 2.05) is 66.5 Å². The van der Waals surface area contributed by atoms with Crippen molar-refractivity contribution in [2.75, 3.05) is 26.4 Å². The fourth-order valence-electron chi connectivity index (χ4n) is 7.33. The van der Waals surface area contributed by atoms with Gasteiger partial charge >= 0.3 is 0 Å². The van der Waals surface area contributed by atoms with E-state index < -0.39 is 0 Å². The number of rotatable bonds is 6. The first-order valence-corrected chi connectivity index (χ1v) is 18.0. The highest BCUT2D eigenvalue weighted by atomic mass is 16.5. The largest absolute Gasteiger partial charge is 0.474 e. The van der Waals surface area contributed by atoms with Gasteiger partial charge in [-0.05, 0) is 47.5 Å². The van der Waals surface area contributed by atoms with Gasteiger partial charge in [0.2, 0.25) is 11.8 Å². The summed E-state index contributed by atoms with van der Waals surface area (Å²) in [6.45, 7) is 4.32. The number of imidazole rings is 2. The van der Waals surface area contributed by atoms with Gasteiger partial charge in [-0.1, -0.05) is 12.1 Å². The Kier molecular flexibility index (Phi) is 8.69. The summed E-state index contributed by atoms with van der Waals surface area (Å²) < 4.78 is 27.4. The van der Waals surface area contributed by atoms with Gasteiger partial charge in [0, 0.05) is 63.3 Å². The van der Waals surface area contributed by atoms with E-state index in [4.69, 9.17) is 28.9 Å². The van der Waals surface area contributed by atoms with E-state index in [9.17, 15) is 0 Å². The molecule has 12 heteroatoms. The van der Waals surface area contributed by atoms with E-state index >= 15 is 0 Å². The molecule has 264 valence electrons. The predicted molar refractivity (Wildman–Crippen MR) is 198 cm³/mol. The molecule has 6 aromatic rings. The lowest BCUT2D eigenvalue weighted by Crippen LogP contribution is -2.27. The number of hydrogen-bond acceptors (Lipinski definition) is 10. The van der Waals surface area contributed by atoms with E-state index in [0.29, 0.717) is 24.8 Å². The molecule has 0 aliphatic carbocycles. The molecule has 2 aromatic carbocycles. The molecule has 4 aliphatic rings. The van der Waals surface area contributed by atoms with E-state index in [-0.39, 0.29) is 12.2 Å². The normalized spacial score (nSPS) is 17.3. The molecule has 12 nitrogen and oxygen atoms in total. The maximum Gasteiger partial charge on any atom is 0.223 e. The molecule has 0 radical (unpaired) electrons. The van der Waals surface area contributed by atoms with Gasteiger partial charge in [0.1, 0.15) is 12.2 Å². The summed E-state index contributed by atoms with van der Waals surface area (Å²) in [5.41, 5.74) is 12.6. The molecule has 2 saturated heterocycles. The molecular weight excluding hydrogens is 656 g/mol. The van der Waals surface area contributed by atoms with Crippen molar-refractivity contribution in [2.24, 2.45) is 24.1 Å². The number of aromatic nitrogens is 6. The highest BCUT2D eigenvalue weighted by molar-refractivity contribution is 6.18. The zero-order valence-corrected chi connectivity index (χ0v) is 29.4. The van der Waals surface area contributed by atoms with Crippen molar-refractivity contribution in [3.63, 3.8) is 0 Å². The summed E-state index contributed by atoms with van der Waals surface area (Å²) in [6.07, 6.45) is 11.2. The van der Waals surface area contributed by atoms with Crippen molar-refractivity contribution in [3.8, 4) is 11.8 Å². The molecule has 0 unspecified atom stereocenters. The third kappa shape index (κ3) is 6.22. The van der Waals surface area contributed by atoms with Crippen LogP contribution >= 0.6 is 0 Å². The number of nitrogens with zero attached hydrogens (tertiary/aromatic N) is 8. The van der Waals surface area contributed by atoms with Crippen molar-refractivity contribution in [1.29, 1.82) is 0 Å². The average Bonchev–Trinajstić information content (AvgIpc) is 3.99. The summed E-state index contributed by atoms with van der Waals surface area (Å²) in [6, 6.07) is 16.6. The lowest BCUT2D eigenvalue weighted by atomic mass is 10.0. The average molecular weight is 697 g/mol. The summed E-state index contributed by atoms with van der Waals surface area (Å²) in [7, 11) is 4.01. The van der Waals surface area contributed by atoms with Gasteiger partial charge in [0.05, 0.1) is 96.8 Å². The molecule has 0 atom stereocenters. The van der Waals surface area contributed by atoms with Crippen LogP contribution in [-0.2, 0) is 36.7 Å². The van der Waals surface area contributed by atoms with Crippen LogP contribution in [0, 0.1) is 0 Å². The van der Waals surface area contributed by atoms with Crippen LogP contribution in [0.25, 0.3) is 22.1 Å². The quantitative estimate of drug-likeness (QED) is 0.216. The topological polar surface area (TPSA) is 123 Å². The van der Waals surface area contributed by atoms with Gasteiger partial charge in [0.25, 0.3) is 0 Å². The lowest BCUT2D eigenvalue weighted by Gasteiger charge is -2.24. The van der Waals surface area contributed by atoms with Crippen molar-refractivity contribution in [2.45, 2.75) is 51.0 Å². The molecule has 4 aliphatic heterocycles. The summed E-state index contributed by atoms with van der Waals surface area (Å²) in [5.74, 6) is 1.38. The van der Waals surface area contributed by atoms with Crippen LogP contribution in [0.2, 0.25) is 0 Å². The fourth-order valence-corrected chi connectivity index (χ4v) is 7.33. The number of fused-ring (bicyclic) bond motifs is 4.